The standard InChI is InChI=1S/C6H10N2OS/c1-2-3-4-9-6-5-7-10-8-6/h5H,2-4H2,1H3. The molecule has 0 N–H and O–H groups in total. The van der Waals surface area contributed by atoms with Crippen molar-refractivity contribution in [3.8, 4) is 5.88 Å². The largest absolute Gasteiger partial charge is 0.476 e. The van der Waals surface area contributed by atoms with E-state index in [-0.39, 0.29) is 0 Å². The highest BCUT2D eigenvalue weighted by molar-refractivity contribution is 6.99. The summed E-state index contributed by atoms with van der Waals surface area (Å²) in [4.78, 5) is 0. The number of rotatable bonds is 4. The van der Waals surface area contributed by atoms with E-state index in [0.29, 0.717) is 5.88 Å². The van der Waals surface area contributed by atoms with Crippen LogP contribution in [-0.2, 0) is 0 Å². The van der Waals surface area contributed by atoms with Gasteiger partial charge in [-0.05, 0) is 6.42 Å². The number of nitrogens with zero attached hydrogens (tertiary/aromatic N) is 2. The SMILES string of the molecule is CCCCOc1cnsn1. The highest BCUT2D eigenvalue weighted by atomic mass is 32.1. The van der Waals surface area contributed by atoms with Crippen molar-refractivity contribution in [1.82, 2.24) is 8.75 Å². The van der Waals surface area contributed by atoms with Crippen LogP contribution in [0.1, 0.15) is 19.8 Å². The molecule has 0 saturated heterocycles. The van der Waals surface area contributed by atoms with Gasteiger partial charge in [0.25, 0.3) is 0 Å². The average molecular weight is 158 g/mol. The molecule has 0 unspecified atom stereocenters. The zero-order valence-electron chi connectivity index (χ0n) is 5.91. The Bertz CT molecular complexity index is 164. The zero-order chi connectivity index (χ0) is 7.23. The third kappa shape index (κ3) is 2.31. The van der Waals surface area contributed by atoms with E-state index in [2.05, 4.69) is 15.7 Å². The molecule has 4 heteroatoms. The second-order valence-electron chi connectivity index (χ2n) is 1.95. The van der Waals surface area contributed by atoms with Crippen molar-refractivity contribution in [1.29, 1.82) is 0 Å². The quantitative estimate of drug-likeness (QED) is 0.626. The van der Waals surface area contributed by atoms with Crippen LogP contribution in [0.4, 0.5) is 0 Å². The maximum atomic E-state index is 5.22. The van der Waals surface area contributed by atoms with Crippen LogP contribution in [0.5, 0.6) is 5.88 Å². The summed E-state index contributed by atoms with van der Waals surface area (Å²) in [5.74, 6) is 0.651. The van der Waals surface area contributed by atoms with E-state index in [0.717, 1.165) is 19.4 Å². The first kappa shape index (κ1) is 7.47. The molecule has 1 aromatic rings. The van der Waals surface area contributed by atoms with Crippen molar-refractivity contribution in [2.24, 2.45) is 0 Å². The topological polar surface area (TPSA) is 35.0 Å². The van der Waals surface area contributed by atoms with E-state index in [4.69, 9.17) is 4.74 Å². The Morgan fingerprint density at radius 1 is 1.70 bits per heavy atom. The molecule has 0 amide bonds. The maximum Gasteiger partial charge on any atom is 0.245 e. The molecule has 10 heavy (non-hydrogen) atoms. The van der Waals surface area contributed by atoms with Gasteiger partial charge in [0.2, 0.25) is 5.88 Å². The first-order valence-corrected chi connectivity index (χ1v) is 4.07. The summed E-state index contributed by atoms with van der Waals surface area (Å²) >= 11 is 1.17. The van der Waals surface area contributed by atoms with E-state index in [1.54, 1.807) is 6.20 Å². The molecule has 56 valence electrons. The van der Waals surface area contributed by atoms with Crippen molar-refractivity contribution < 1.29 is 4.74 Å². The van der Waals surface area contributed by atoms with Crippen molar-refractivity contribution in [3.05, 3.63) is 6.20 Å². The number of aromatic nitrogens is 2. The molecule has 1 rings (SSSR count). The summed E-state index contributed by atoms with van der Waals surface area (Å²) in [7, 11) is 0. The fraction of sp³-hybridized carbons (Fsp3) is 0.667. The molecular formula is C6H10N2OS. The molecule has 0 fully saturated rings. The second-order valence-corrected chi connectivity index (χ2v) is 2.50. The number of unbranched alkanes of at least 4 members (excludes halogenated alkanes) is 1. The molecule has 0 aliphatic rings. The molecule has 1 heterocycles. The van der Waals surface area contributed by atoms with Crippen molar-refractivity contribution in [2.45, 2.75) is 19.8 Å². The lowest BCUT2D eigenvalue weighted by atomic mass is 10.4. The molecular weight excluding hydrogens is 148 g/mol. The van der Waals surface area contributed by atoms with Crippen LogP contribution in [0.3, 0.4) is 0 Å². The molecule has 0 aromatic carbocycles. The van der Waals surface area contributed by atoms with Crippen LogP contribution in [-0.4, -0.2) is 15.4 Å². The van der Waals surface area contributed by atoms with Gasteiger partial charge in [-0.1, -0.05) is 13.3 Å². The van der Waals surface area contributed by atoms with Gasteiger partial charge >= 0.3 is 0 Å². The van der Waals surface area contributed by atoms with Gasteiger partial charge in [-0.25, -0.2) is 0 Å². The molecule has 0 aliphatic carbocycles. The van der Waals surface area contributed by atoms with Gasteiger partial charge in [0.15, 0.2) is 0 Å². The first-order chi connectivity index (χ1) is 4.93. The van der Waals surface area contributed by atoms with E-state index < -0.39 is 0 Å². The van der Waals surface area contributed by atoms with Gasteiger partial charge in [0, 0.05) is 0 Å². The summed E-state index contributed by atoms with van der Waals surface area (Å²) in [5, 5.41) is 0. The minimum absolute atomic E-state index is 0.651. The summed E-state index contributed by atoms with van der Waals surface area (Å²) < 4.78 is 12.9. The Labute approximate surface area is 64.4 Å². The summed E-state index contributed by atoms with van der Waals surface area (Å²) in [6.07, 6.45) is 3.87. The Morgan fingerprint density at radius 2 is 2.60 bits per heavy atom. The van der Waals surface area contributed by atoms with Crippen LogP contribution >= 0.6 is 11.7 Å². The zero-order valence-corrected chi connectivity index (χ0v) is 6.73. The second kappa shape index (κ2) is 4.22. The molecule has 0 saturated carbocycles. The monoisotopic (exact) mass is 158 g/mol. The molecule has 0 radical (unpaired) electrons. The van der Waals surface area contributed by atoms with Crippen LogP contribution in [0.15, 0.2) is 6.20 Å². The average Bonchev–Trinajstić information content (AvgIpc) is 2.41. The van der Waals surface area contributed by atoms with Gasteiger partial charge in [0.1, 0.15) is 6.20 Å². The lowest BCUT2D eigenvalue weighted by Crippen LogP contribution is -1.95. The van der Waals surface area contributed by atoms with E-state index in [1.165, 1.54) is 11.7 Å². The third-order valence-electron chi connectivity index (χ3n) is 1.09. The first-order valence-electron chi connectivity index (χ1n) is 3.34. The summed E-state index contributed by atoms with van der Waals surface area (Å²) in [6, 6.07) is 0. The fourth-order valence-electron chi connectivity index (χ4n) is 0.541. The van der Waals surface area contributed by atoms with E-state index >= 15 is 0 Å². The summed E-state index contributed by atoms with van der Waals surface area (Å²) in [5.41, 5.74) is 0. The highest BCUT2D eigenvalue weighted by Crippen LogP contribution is 2.05. The number of ether oxygens (including phenoxy) is 1. The van der Waals surface area contributed by atoms with Gasteiger partial charge in [-0.3, -0.25) is 0 Å². The highest BCUT2D eigenvalue weighted by Gasteiger charge is 1.93. The predicted octanol–water partition coefficient (Wildman–Crippen LogP) is 1.72. The van der Waals surface area contributed by atoms with Crippen LogP contribution < -0.4 is 4.74 Å². The van der Waals surface area contributed by atoms with Gasteiger partial charge < -0.3 is 4.74 Å². The minimum Gasteiger partial charge on any atom is -0.476 e. The molecule has 0 aliphatic heterocycles. The van der Waals surface area contributed by atoms with Crippen LogP contribution in [0.2, 0.25) is 0 Å². The Balaban J connectivity index is 2.15. The molecule has 0 atom stereocenters. The van der Waals surface area contributed by atoms with E-state index in [9.17, 15) is 0 Å². The van der Waals surface area contributed by atoms with Gasteiger partial charge in [0.05, 0.1) is 18.3 Å². The van der Waals surface area contributed by atoms with Crippen LogP contribution in [0.25, 0.3) is 0 Å². The van der Waals surface area contributed by atoms with Crippen LogP contribution in [0, 0.1) is 0 Å². The Morgan fingerprint density at radius 3 is 3.20 bits per heavy atom. The number of hydrogen-bond donors (Lipinski definition) is 0. The molecule has 3 nitrogen and oxygen atoms in total. The van der Waals surface area contributed by atoms with Crippen molar-refractivity contribution >= 4 is 11.7 Å². The van der Waals surface area contributed by atoms with Gasteiger partial charge in [-0.15, -0.1) is 4.37 Å². The smallest absolute Gasteiger partial charge is 0.245 e. The molecule has 0 spiro atoms. The Hall–Kier alpha value is -0.640. The Kier molecular flexibility index (Phi) is 3.15. The normalized spacial score (nSPS) is 9.70. The lowest BCUT2D eigenvalue weighted by Gasteiger charge is -1.97. The maximum absolute atomic E-state index is 5.22. The minimum atomic E-state index is 0.651. The van der Waals surface area contributed by atoms with Gasteiger partial charge in [-0.2, -0.15) is 4.37 Å². The van der Waals surface area contributed by atoms with Crippen molar-refractivity contribution in [2.75, 3.05) is 6.61 Å². The molecule has 1 aromatic heterocycles. The predicted molar refractivity (Wildman–Crippen MR) is 40.3 cm³/mol. The third-order valence-corrected chi connectivity index (χ3v) is 1.55. The lowest BCUT2D eigenvalue weighted by molar-refractivity contribution is 0.300. The van der Waals surface area contributed by atoms with Crippen molar-refractivity contribution in [3.63, 3.8) is 0 Å². The number of hydrogen-bond acceptors (Lipinski definition) is 4. The van der Waals surface area contributed by atoms with E-state index in [1.807, 2.05) is 0 Å². The molecule has 0 bridgehead atoms. The fourth-order valence-corrected chi connectivity index (χ4v) is 0.906. The summed E-state index contributed by atoms with van der Waals surface area (Å²) in [6.45, 7) is 2.88.